The molecule has 0 fully saturated rings. The van der Waals surface area contributed by atoms with Gasteiger partial charge in [-0.2, -0.15) is 4.37 Å². The number of nitrogens with two attached hydrogens (primary N) is 2. The number of amides is 3. The Kier molecular flexibility index (Phi) is 7.49. The number of nitrogen functional groups attached to an aromatic ring is 1. The van der Waals surface area contributed by atoms with Crippen LogP contribution in [-0.4, -0.2) is 27.2 Å². The minimum absolute atomic E-state index is 0.0124. The fraction of sp³-hybridized carbons (Fsp3) is 0.111. The zero-order valence-electron chi connectivity index (χ0n) is 19.9. The number of nitrogens with zero attached hydrogens (tertiary/aromatic N) is 2. The van der Waals surface area contributed by atoms with Gasteiger partial charge in [-0.3, -0.25) is 19.3 Å². The zero-order valence-corrected chi connectivity index (χ0v) is 20.7. The molecule has 0 bridgehead atoms. The highest BCUT2D eigenvalue weighted by molar-refractivity contribution is 7.09. The summed E-state index contributed by atoms with van der Waals surface area (Å²) in [5.41, 5.74) is 13.7. The van der Waals surface area contributed by atoms with E-state index in [1.807, 2.05) is 43.3 Å². The average molecular weight is 516 g/mol. The topological polar surface area (TPSA) is 152 Å². The third kappa shape index (κ3) is 5.60. The fourth-order valence-electron chi connectivity index (χ4n) is 3.86. The molecular weight excluding hydrogens is 490 g/mol. The number of phenols is 1. The van der Waals surface area contributed by atoms with Crippen LogP contribution in [-0.2, 0) is 11.3 Å². The molecule has 0 saturated carbocycles. The quantitative estimate of drug-likeness (QED) is 0.282. The van der Waals surface area contributed by atoms with Gasteiger partial charge in [-0.15, -0.1) is 0 Å². The molecule has 0 aliphatic carbocycles. The van der Waals surface area contributed by atoms with Crippen LogP contribution in [0.15, 0.2) is 78.9 Å². The summed E-state index contributed by atoms with van der Waals surface area (Å²) in [7, 11) is 0. The van der Waals surface area contributed by atoms with Crippen molar-refractivity contribution >= 4 is 40.6 Å². The molecule has 188 valence electrons. The zero-order chi connectivity index (χ0) is 26.5. The number of rotatable bonds is 8. The summed E-state index contributed by atoms with van der Waals surface area (Å²) >= 11 is 0.738. The molecule has 4 aromatic rings. The van der Waals surface area contributed by atoms with Gasteiger partial charge in [-0.25, -0.2) is 0 Å². The number of benzene rings is 3. The second-order valence-electron chi connectivity index (χ2n) is 8.35. The molecule has 0 aliphatic rings. The van der Waals surface area contributed by atoms with E-state index in [4.69, 9.17) is 11.5 Å². The number of aromatic hydroxyl groups is 1. The normalized spacial score (nSPS) is 11.5. The molecule has 6 N–H and O–H groups in total. The standard InChI is InChI=1S/C27H25N5O4S/c1-16-6-5-9-19(14-16)32(27(36)24-21(28)22(25(29)34)31-37-24)23(18-10-12-20(33)13-11-18)26(35)30-15-17-7-3-2-4-8-17/h2-14,23,33H,15,28H2,1H3,(H2,29,34)(H,30,35)/t23-/m1/s1. The van der Waals surface area contributed by atoms with E-state index in [9.17, 15) is 19.5 Å². The van der Waals surface area contributed by atoms with Crippen molar-refractivity contribution in [2.45, 2.75) is 19.5 Å². The first-order valence-electron chi connectivity index (χ1n) is 11.3. The van der Waals surface area contributed by atoms with Crippen molar-refractivity contribution in [1.29, 1.82) is 0 Å². The van der Waals surface area contributed by atoms with Crippen LogP contribution < -0.4 is 21.7 Å². The van der Waals surface area contributed by atoms with E-state index in [2.05, 4.69) is 9.69 Å². The lowest BCUT2D eigenvalue weighted by atomic mass is 10.0. The van der Waals surface area contributed by atoms with E-state index in [1.54, 1.807) is 30.3 Å². The number of nitrogens with one attached hydrogen (secondary N) is 1. The van der Waals surface area contributed by atoms with Crippen LogP contribution in [0.4, 0.5) is 11.4 Å². The van der Waals surface area contributed by atoms with Gasteiger partial charge in [0, 0.05) is 12.2 Å². The third-order valence-corrected chi connectivity index (χ3v) is 6.53. The highest BCUT2D eigenvalue weighted by Gasteiger charge is 2.36. The van der Waals surface area contributed by atoms with Crippen LogP contribution in [0, 0.1) is 6.92 Å². The van der Waals surface area contributed by atoms with E-state index in [0.717, 1.165) is 22.7 Å². The minimum atomic E-state index is -1.14. The van der Waals surface area contributed by atoms with E-state index in [-0.39, 0.29) is 28.6 Å². The highest BCUT2D eigenvalue weighted by Crippen LogP contribution is 2.34. The number of aromatic nitrogens is 1. The van der Waals surface area contributed by atoms with Gasteiger partial charge < -0.3 is 21.9 Å². The lowest BCUT2D eigenvalue weighted by molar-refractivity contribution is -0.122. The average Bonchev–Trinajstić information content (AvgIpc) is 3.28. The lowest BCUT2D eigenvalue weighted by Gasteiger charge is -2.31. The first-order valence-corrected chi connectivity index (χ1v) is 12.1. The van der Waals surface area contributed by atoms with E-state index in [0.29, 0.717) is 11.3 Å². The van der Waals surface area contributed by atoms with Gasteiger partial charge in [0.25, 0.3) is 11.8 Å². The van der Waals surface area contributed by atoms with E-state index >= 15 is 0 Å². The van der Waals surface area contributed by atoms with Crippen LogP contribution in [0.25, 0.3) is 0 Å². The molecule has 0 radical (unpaired) electrons. The van der Waals surface area contributed by atoms with Crippen LogP contribution in [0.3, 0.4) is 0 Å². The van der Waals surface area contributed by atoms with Gasteiger partial charge in [-0.1, -0.05) is 54.6 Å². The number of aryl methyl sites for hydroxylation is 1. The van der Waals surface area contributed by atoms with Gasteiger partial charge >= 0.3 is 0 Å². The SMILES string of the molecule is Cc1cccc(N(C(=O)c2snc(C(N)=O)c2N)[C@@H](C(=O)NCc2ccccc2)c2ccc(O)cc2)c1. The Morgan fingerprint density at radius 3 is 2.35 bits per heavy atom. The van der Waals surface area contributed by atoms with Gasteiger partial charge in [0.05, 0.1) is 5.69 Å². The Morgan fingerprint density at radius 2 is 1.73 bits per heavy atom. The Morgan fingerprint density at radius 1 is 1.03 bits per heavy atom. The Bertz CT molecular complexity index is 1440. The molecule has 0 saturated heterocycles. The number of primary amides is 1. The van der Waals surface area contributed by atoms with Gasteiger partial charge in [0.1, 0.15) is 16.7 Å². The maximum atomic E-state index is 14.0. The van der Waals surface area contributed by atoms with Crippen molar-refractivity contribution in [3.05, 3.63) is 106 Å². The smallest absolute Gasteiger partial charge is 0.273 e. The molecule has 3 aromatic carbocycles. The van der Waals surface area contributed by atoms with Crippen molar-refractivity contribution in [2.75, 3.05) is 10.6 Å². The van der Waals surface area contributed by atoms with Gasteiger partial charge in [-0.05, 0) is 59.4 Å². The number of hydrogen-bond donors (Lipinski definition) is 4. The molecule has 0 aliphatic heterocycles. The van der Waals surface area contributed by atoms with Crippen molar-refractivity contribution < 1.29 is 19.5 Å². The maximum Gasteiger partial charge on any atom is 0.273 e. The first kappa shape index (κ1) is 25.4. The molecule has 0 spiro atoms. The van der Waals surface area contributed by atoms with Crippen molar-refractivity contribution in [2.24, 2.45) is 5.73 Å². The Hall–Kier alpha value is -4.70. The van der Waals surface area contributed by atoms with Crippen LogP contribution in [0.2, 0.25) is 0 Å². The number of carbonyl (C=O) groups excluding carboxylic acids is 3. The summed E-state index contributed by atoms with van der Waals surface area (Å²) in [5.74, 6) is -1.92. The molecule has 4 rings (SSSR count). The fourth-order valence-corrected chi connectivity index (χ4v) is 4.60. The molecule has 1 heterocycles. The number of hydrogen-bond acceptors (Lipinski definition) is 7. The predicted molar refractivity (Wildman–Crippen MR) is 142 cm³/mol. The van der Waals surface area contributed by atoms with Crippen LogP contribution in [0.5, 0.6) is 5.75 Å². The predicted octanol–water partition coefficient (Wildman–Crippen LogP) is 3.54. The van der Waals surface area contributed by atoms with Crippen LogP contribution in [0.1, 0.15) is 42.9 Å². The molecule has 37 heavy (non-hydrogen) atoms. The number of phenolic OH excluding ortho intramolecular Hbond substituents is 1. The molecular formula is C27H25N5O4S. The monoisotopic (exact) mass is 515 g/mol. The third-order valence-electron chi connectivity index (χ3n) is 5.68. The summed E-state index contributed by atoms with van der Waals surface area (Å²) in [4.78, 5) is 40.8. The minimum Gasteiger partial charge on any atom is -0.508 e. The highest BCUT2D eigenvalue weighted by atomic mass is 32.1. The lowest BCUT2D eigenvalue weighted by Crippen LogP contribution is -2.44. The molecule has 10 heteroatoms. The second kappa shape index (κ2) is 10.9. The second-order valence-corrected chi connectivity index (χ2v) is 9.12. The maximum absolute atomic E-state index is 14.0. The van der Waals surface area contributed by atoms with Gasteiger partial charge in [0.2, 0.25) is 5.91 Å². The summed E-state index contributed by atoms with van der Waals surface area (Å²) < 4.78 is 3.96. The van der Waals surface area contributed by atoms with E-state index in [1.165, 1.54) is 17.0 Å². The van der Waals surface area contributed by atoms with Gasteiger partial charge in [0.15, 0.2) is 5.69 Å². The molecule has 1 atom stereocenters. The molecule has 1 aromatic heterocycles. The van der Waals surface area contributed by atoms with Crippen molar-refractivity contribution in [3.63, 3.8) is 0 Å². The largest absolute Gasteiger partial charge is 0.508 e. The molecule has 3 amide bonds. The van der Waals surface area contributed by atoms with Crippen molar-refractivity contribution in [1.82, 2.24) is 9.69 Å². The van der Waals surface area contributed by atoms with E-state index < -0.39 is 23.8 Å². The van der Waals surface area contributed by atoms with Crippen LogP contribution >= 0.6 is 11.5 Å². The number of carbonyl (C=O) groups is 3. The van der Waals surface area contributed by atoms with Crippen molar-refractivity contribution in [3.8, 4) is 5.75 Å². The summed E-state index contributed by atoms with van der Waals surface area (Å²) in [6.07, 6.45) is 0. The summed E-state index contributed by atoms with van der Waals surface area (Å²) in [6.45, 7) is 2.10. The molecule has 9 nitrogen and oxygen atoms in total. The number of anilines is 2. The summed E-state index contributed by atoms with van der Waals surface area (Å²) in [5, 5.41) is 12.8. The molecule has 0 unspecified atom stereocenters. The first-order chi connectivity index (χ1) is 17.8. The Balaban J connectivity index is 1.83. The Labute approximate surface area is 217 Å². The summed E-state index contributed by atoms with van der Waals surface area (Å²) in [6, 6.07) is 21.4.